The Morgan fingerprint density at radius 1 is 1.61 bits per heavy atom. The lowest BCUT2D eigenvalue weighted by molar-refractivity contribution is -0.142. The first-order valence-corrected chi connectivity index (χ1v) is 6.70. The van der Waals surface area contributed by atoms with Crippen LogP contribution in [-0.2, 0) is 11.3 Å². The zero-order valence-electron chi connectivity index (χ0n) is 10.2. The topological polar surface area (TPSA) is 49.8 Å². The van der Waals surface area contributed by atoms with Gasteiger partial charge in [-0.2, -0.15) is 0 Å². The van der Waals surface area contributed by atoms with Gasteiger partial charge in [-0.3, -0.25) is 9.69 Å². The molecule has 18 heavy (non-hydrogen) atoms. The Bertz CT molecular complexity index is 450. The SMILES string of the molecule is COc1ccc(CN2CCC[C@@H]2C(=O)O)c(Br)c1. The van der Waals surface area contributed by atoms with Crippen LogP contribution in [-0.4, -0.2) is 35.7 Å². The van der Waals surface area contributed by atoms with Crippen molar-refractivity contribution in [3.8, 4) is 5.75 Å². The van der Waals surface area contributed by atoms with Crippen molar-refractivity contribution >= 4 is 21.9 Å². The lowest BCUT2D eigenvalue weighted by Crippen LogP contribution is -2.35. The van der Waals surface area contributed by atoms with E-state index in [0.29, 0.717) is 6.54 Å². The molecular formula is C13H16BrNO3. The molecule has 0 amide bonds. The van der Waals surface area contributed by atoms with Crippen molar-refractivity contribution in [2.75, 3.05) is 13.7 Å². The highest BCUT2D eigenvalue weighted by Gasteiger charge is 2.30. The number of carboxylic acids is 1. The Kier molecular flexibility index (Phi) is 4.24. The van der Waals surface area contributed by atoms with Gasteiger partial charge >= 0.3 is 5.97 Å². The summed E-state index contributed by atoms with van der Waals surface area (Å²) in [5.41, 5.74) is 1.09. The first-order valence-electron chi connectivity index (χ1n) is 5.91. The second-order valence-corrected chi connectivity index (χ2v) is 5.28. The molecule has 1 atom stereocenters. The molecule has 0 spiro atoms. The zero-order valence-corrected chi connectivity index (χ0v) is 11.8. The van der Waals surface area contributed by atoms with Crippen LogP contribution < -0.4 is 4.74 Å². The van der Waals surface area contributed by atoms with E-state index in [0.717, 1.165) is 35.2 Å². The molecule has 1 aromatic carbocycles. The lowest BCUT2D eigenvalue weighted by Gasteiger charge is -2.21. The van der Waals surface area contributed by atoms with Crippen molar-refractivity contribution in [2.45, 2.75) is 25.4 Å². The highest BCUT2D eigenvalue weighted by atomic mass is 79.9. The molecule has 0 radical (unpaired) electrons. The number of ether oxygens (including phenoxy) is 1. The van der Waals surface area contributed by atoms with E-state index in [1.165, 1.54) is 0 Å². The van der Waals surface area contributed by atoms with Crippen LogP contribution >= 0.6 is 15.9 Å². The van der Waals surface area contributed by atoms with Gasteiger partial charge in [0, 0.05) is 11.0 Å². The van der Waals surface area contributed by atoms with Crippen molar-refractivity contribution in [3.05, 3.63) is 28.2 Å². The van der Waals surface area contributed by atoms with Gasteiger partial charge < -0.3 is 9.84 Å². The molecule has 1 aromatic rings. The van der Waals surface area contributed by atoms with E-state index in [1.807, 2.05) is 23.1 Å². The highest BCUT2D eigenvalue weighted by Crippen LogP contribution is 2.27. The fraction of sp³-hybridized carbons (Fsp3) is 0.462. The van der Waals surface area contributed by atoms with Crippen LogP contribution in [0.25, 0.3) is 0 Å². The predicted octanol–water partition coefficient (Wildman–Crippen LogP) is 2.51. The molecule has 0 saturated carbocycles. The molecule has 1 N–H and O–H groups in total. The van der Waals surface area contributed by atoms with Gasteiger partial charge in [0.2, 0.25) is 0 Å². The summed E-state index contributed by atoms with van der Waals surface area (Å²) < 4.78 is 6.10. The van der Waals surface area contributed by atoms with E-state index in [-0.39, 0.29) is 6.04 Å². The summed E-state index contributed by atoms with van der Waals surface area (Å²) >= 11 is 3.50. The maximum absolute atomic E-state index is 11.1. The molecule has 5 heteroatoms. The van der Waals surface area contributed by atoms with E-state index >= 15 is 0 Å². The van der Waals surface area contributed by atoms with Crippen LogP contribution in [0.5, 0.6) is 5.75 Å². The third-order valence-electron chi connectivity index (χ3n) is 3.28. The Labute approximate surface area is 115 Å². The minimum atomic E-state index is -0.725. The summed E-state index contributed by atoms with van der Waals surface area (Å²) in [5.74, 6) is 0.0685. The number of methoxy groups -OCH3 is 1. The summed E-state index contributed by atoms with van der Waals surface area (Å²) in [5, 5.41) is 9.14. The number of carboxylic acid groups (broad SMARTS) is 1. The normalized spacial score (nSPS) is 20.0. The van der Waals surface area contributed by atoms with E-state index in [1.54, 1.807) is 7.11 Å². The molecule has 2 rings (SSSR count). The van der Waals surface area contributed by atoms with Gasteiger partial charge in [0.05, 0.1) is 7.11 Å². The molecule has 1 fully saturated rings. The summed E-state index contributed by atoms with van der Waals surface area (Å²) in [4.78, 5) is 13.1. The maximum Gasteiger partial charge on any atom is 0.320 e. The van der Waals surface area contributed by atoms with Gasteiger partial charge in [-0.05, 0) is 37.1 Å². The van der Waals surface area contributed by atoms with E-state index in [4.69, 9.17) is 9.84 Å². The fourth-order valence-electron chi connectivity index (χ4n) is 2.30. The number of likely N-dealkylation sites (tertiary alicyclic amines) is 1. The Morgan fingerprint density at radius 3 is 3.00 bits per heavy atom. The second-order valence-electron chi connectivity index (χ2n) is 4.42. The van der Waals surface area contributed by atoms with Crippen LogP contribution in [0.3, 0.4) is 0 Å². The maximum atomic E-state index is 11.1. The van der Waals surface area contributed by atoms with Gasteiger partial charge in [-0.15, -0.1) is 0 Å². The molecule has 98 valence electrons. The molecule has 0 aromatic heterocycles. The number of nitrogens with zero attached hydrogens (tertiary/aromatic N) is 1. The fourth-order valence-corrected chi connectivity index (χ4v) is 2.78. The molecule has 1 saturated heterocycles. The lowest BCUT2D eigenvalue weighted by atomic mass is 10.2. The van der Waals surface area contributed by atoms with Crippen molar-refractivity contribution in [2.24, 2.45) is 0 Å². The van der Waals surface area contributed by atoms with E-state index < -0.39 is 5.97 Å². The minimum Gasteiger partial charge on any atom is -0.497 e. The molecule has 4 nitrogen and oxygen atoms in total. The average molecular weight is 314 g/mol. The van der Waals surface area contributed by atoms with Crippen molar-refractivity contribution in [1.82, 2.24) is 4.90 Å². The van der Waals surface area contributed by atoms with Crippen molar-refractivity contribution < 1.29 is 14.6 Å². The quantitative estimate of drug-likeness (QED) is 0.928. The molecule has 1 heterocycles. The van der Waals surface area contributed by atoms with Crippen LogP contribution in [0.1, 0.15) is 18.4 Å². The summed E-state index contributed by atoms with van der Waals surface area (Å²) in [7, 11) is 1.63. The number of hydrogen-bond donors (Lipinski definition) is 1. The summed E-state index contributed by atoms with van der Waals surface area (Å²) in [6.07, 6.45) is 1.69. The third-order valence-corrected chi connectivity index (χ3v) is 4.02. The van der Waals surface area contributed by atoms with Crippen molar-refractivity contribution in [1.29, 1.82) is 0 Å². The van der Waals surface area contributed by atoms with Crippen LogP contribution in [0, 0.1) is 0 Å². The van der Waals surface area contributed by atoms with Crippen molar-refractivity contribution in [3.63, 3.8) is 0 Å². The standard InChI is InChI=1S/C13H16BrNO3/c1-18-10-5-4-9(11(14)7-10)8-15-6-2-3-12(15)13(16)17/h4-5,7,12H,2-3,6,8H2,1H3,(H,16,17)/t12-/m1/s1. The van der Waals surface area contributed by atoms with Gasteiger partial charge in [0.25, 0.3) is 0 Å². The number of rotatable bonds is 4. The molecule has 0 bridgehead atoms. The van der Waals surface area contributed by atoms with Crippen LogP contribution in [0.4, 0.5) is 0 Å². The third kappa shape index (κ3) is 2.84. The second kappa shape index (κ2) is 5.71. The predicted molar refractivity (Wildman–Crippen MR) is 71.8 cm³/mol. The molecular weight excluding hydrogens is 298 g/mol. The average Bonchev–Trinajstić information content (AvgIpc) is 2.80. The smallest absolute Gasteiger partial charge is 0.320 e. The summed E-state index contributed by atoms with van der Waals surface area (Å²) in [6.45, 7) is 1.50. The molecule has 0 aliphatic carbocycles. The van der Waals surface area contributed by atoms with E-state index in [2.05, 4.69) is 15.9 Å². The van der Waals surface area contributed by atoms with Crippen LogP contribution in [0.2, 0.25) is 0 Å². The van der Waals surface area contributed by atoms with Gasteiger partial charge in [-0.25, -0.2) is 0 Å². The Hall–Kier alpha value is -1.07. The largest absolute Gasteiger partial charge is 0.497 e. The van der Waals surface area contributed by atoms with Gasteiger partial charge in [0.1, 0.15) is 11.8 Å². The number of aliphatic carboxylic acids is 1. The molecule has 1 aliphatic rings. The monoisotopic (exact) mass is 313 g/mol. The first-order chi connectivity index (χ1) is 8.61. The number of carbonyl (C=O) groups is 1. The Morgan fingerprint density at radius 2 is 2.39 bits per heavy atom. The van der Waals surface area contributed by atoms with E-state index in [9.17, 15) is 4.79 Å². The Balaban J connectivity index is 2.11. The first kappa shape index (κ1) is 13.4. The minimum absolute atomic E-state index is 0.348. The molecule has 1 aliphatic heterocycles. The van der Waals surface area contributed by atoms with Gasteiger partial charge in [0.15, 0.2) is 0 Å². The highest BCUT2D eigenvalue weighted by molar-refractivity contribution is 9.10. The zero-order chi connectivity index (χ0) is 13.1. The number of benzene rings is 1. The van der Waals surface area contributed by atoms with Crippen LogP contribution in [0.15, 0.2) is 22.7 Å². The number of halogens is 1. The van der Waals surface area contributed by atoms with Gasteiger partial charge in [-0.1, -0.05) is 22.0 Å². The molecule has 0 unspecified atom stereocenters. The number of hydrogen-bond acceptors (Lipinski definition) is 3. The summed E-state index contributed by atoms with van der Waals surface area (Å²) in [6, 6.07) is 5.42.